The lowest BCUT2D eigenvalue weighted by molar-refractivity contribution is 0.0533. The highest BCUT2D eigenvalue weighted by Crippen LogP contribution is 2.28. The molecule has 1 aliphatic rings. The molecular weight excluding hydrogens is 226 g/mol. The Morgan fingerprint density at radius 2 is 1.94 bits per heavy atom. The van der Waals surface area contributed by atoms with Gasteiger partial charge in [0.15, 0.2) is 0 Å². The van der Waals surface area contributed by atoms with E-state index in [1.165, 1.54) is 0 Å². The molecule has 2 aromatic carbocycles. The van der Waals surface area contributed by atoms with Gasteiger partial charge < -0.3 is 4.74 Å². The number of cyclic esters (lactones) is 1. The monoisotopic (exact) mass is 235 g/mol. The molecule has 3 heteroatoms. The second-order valence-corrected chi connectivity index (χ2v) is 4.41. The van der Waals surface area contributed by atoms with Gasteiger partial charge >= 0.3 is 5.97 Å². The van der Waals surface area contributed by atoms with Crippen LogP contribution in [0, 0.1) is 0 Å². The molecule has 0 spiro atoms. The zero-order chi connectivity index (χ0) is 12.1. The van der Waals surface area contributed by atoms with Crippen molar-refractivity contribution >= 4 is 27.6 Å². The van der Waals surface area contributed by atoms with Gasteiger partial charge in [-0.15, -0.1) is 0 Å². The van der Waals surface area contributed by atoms with E-state index in [-0.39, 0.29) is 12.6 Å². The molecule has 0 saturated heterocycles. The largest absolute Gasteiger partial charge is 0.456 e. The molecule has 1 aliphatic heterocycles. The van der Waals surface area contributed by atoms with Crippen molar-refractivity contribution in [1.82, 2.24) is 4.98 Å². The Hall–Kier alpha value is -2.42. The SMILES string of the molecule is O=C1OCc2nc3ccc4ccccc4c3cc21. The lowest BCUT2D eigenvalue weighted by Crippen LogP contribution is -1.95. The van der Waals surface area contributed by atoms with E-state index in [9.17, 15) is 4.79 Å². The molecule has 3 aromatic rings. The average Bonchev–Trinajstić information content (AvgIpc) is 2.78. The van der Waals surface area contributed by atoms with Crippen LogP contribution in [-0.4, -0.2) is 11.0 Å². The van der Waals surface area contributed by atoms with E-state index in [4.69, 9.17) is 4.74 Å². The van der Waals surface area contributed by atoms with Crippen LogP contribution in [-0.2, 0) is 11.3 Å². The standard InChI is InChI=1S/C15H9NO2/c17-15-12-7-11-10-4-2-1-3-9(10)5-6-13(11)16-14(12)8-18-15/h1-7H,8H2. The maximum absolute atomic E-state index is 11.6. The molecule has 1 aromatic heterocycles. The Morgan fingerprint density at radius 3 is 2.89 bits per heavy atom. The van der Waals surface area contributed by atoms with E-state index >= 15 is 0 Å². The minimum atomic E-state index is -0.271. The van der Waals surface area contributed by atoms with Crippen LogP contribution in [0.3, 0.4) is 0 Å². The molecule has 0 aliphatic carbocycles. The summed E-state index contributed by atoms with van der Waals surface area (Å²) in [4.78, 5) is 16.1. The molecule has 0 bridgehead atoms. The minimum absolute atomic E-state index is 0.271. The van der Waals surface area contributed by atoms with Crippen LogP contribution in [0.1, 0.15) is 16.1 Å². The van der Waals surface area contributed by atoms with Crippen LogP contribution in [0.2, 0.25) is 0 Å². The summed E-state index contributed by atoms with van der Waals surface area (Å²) in [5.41, 5.74) is 2.24. The van der Waals surface area contributed by atoms with Crippen LogP contribution in [0.4, 0.5) is 0 Å². The second kappa shape index (κ2) is 3.29. The number of hydrogen-bond donors (Lipinski definition) is 0. The summed E-state index contributed by atoms with van der Waals surface area (Å²) < 4.78 is 5.01. The number of esters is 1. The summed E-state index contributed by atoms with van der Waals surface area (Å²) in [5.74, 6) is -0.271. The first-order valence-corrected chi connectivity index (χ1v) is 5.81. The minimum Gasteiger partial charge on any atom is -0.456 e. The smallest absolute Gasteiger partial charge is 0.340 e. The Morgan fingerprint density at radius 1 is 1.06 bits per heavy atom. The zero-order valence-electron chi connectivity index (χ0n) is 9.51. The first-order chi connectivity index (χ1) is 8.83. The molecule has 0 fully saturated rings. The van der Waals surface area contributed by atoms with Gasteiger partial charge in [-0.1, -0.05) is 30.3 Å². The molecule has 4 rings (SSSR count). The second-order valence-electron chi connectivity index (χ2n) is 4.41. The van der Waals surface area contributed by atoms with Crippen molar-refractivity contribution in [3.63, 3.8) is 0 Å². The van der Waals surface area contributed by atoms with Gasteiger partial charge in [0.05, 0.1) is 16.8 Å². The number of aromatic nitrogens is 1. The molecule has 18 heavy (non-hydrogen) atoms. The normalized spacial score (nSPS) is 13.9. The fourth-order valence-corrected chi connectivity index (χ4v) is 2.46. The molecule has 0 radical (unpaired) electrons. The predicted octanol–water partition coefficient (Wildman–Crippen LogP) is 3.06. The third-order valence-electron chi connectivity index (χ3n) is 3.36. The molecule has 0 N–H and O–H groups in total. The van der Waals surface area contributed by atoms with Gasteiger partial charge in [0, 0.05) is 5.39 Å². The summed E-state index contributed by atoms with van der Waals surface area (Å²) in [6.07, 6.45) is 0. The van der Waals surface area contributed by atoms with Crippen LogP contribution in [0.15, 0.2) is 42.5 Å². The van der Waals surface area contributed by atoms with Gasteiger partial charge in [-0.3, -0.25) is 0 Å². The fourth-order valence-electron chi connectivity index (χ4n) is 2.46. The number of ether oxygens (including phenoxy) is 1. The molecule has 0 amide bonds. The molecule has 2 heterocycles. The van der Waals surface area contributed by atoms with Crippen molar-refractivity contribution < 1.29 is 9.53 Å². The van der Waals surface area contributed by atoms with Crippen molar-refractivity contribution in [3.05, 3.63) is 53.7 Å². The van der Waals surface area contributed by atoms with Gasteiger partial charge in [-0.25, -0.2) is 9.78 Å². The van der Waals surface area contributed by atoms with E-state index < -0.39 is 0 Å². The van der Waals surface area contributed by atoms with Gasteiger partial charge in [-0.2, -0.15) is 0 Å². The van der Waals surface area contributed by atoms with Crippen molar-refractivity contribution in [2.75, 3.05) is 0 Å². The van der Waals surface area contributed by atoms with Crippen molar-refractivity contribution in [2.45, 2.75) is 6.61 Å². The van der Waals surface area contributed by atoms with Crippen molar-refractivity contribution in [1.29, 1.82) is 0 Å². The maximum Gasteiger partial charge on any atom is 0.340 e. The van der Waals surface area contributed by atoms with E-state index in [2.05, 4.69) is 17.1 Å². The summed E-state index contributed by atoms with van der Waals surface area (Å²) in [6, 6.07) is 14.0. The first-order valence-electron chi connectivity index (χ1n) is 5.81. The van der Waals surface area contributed by atoms with E-state index in [0.717, 1.165) is 27.4 Å². The maximum atomic E-state index is 11.6. The Balaban J connectivity index is 2.19. The number of rotatable bonds is 0. The van der Waals surface area contributed by atoms with Crippen LogP contribution in [0.25, 0.3) is 21.7 Å². The topological polar surface area (TPSA) is 39.2 Å². The van der Waals surface area contributed by atoms with Gasteiger partial charge in [-0.05, 0) is 22.9 Å². The van der Waals surface area contributed by atoms with Gasteiger partial charge in [0.1, 0.15) is 6.61 Å². The van der Waals surface area contributed by atoms with Gasteiger partial charge in [0.25, 0.3) is 0 Å². The summed E-state index contributed by atoms with van der Waals surface area (Å²) >= 11 is 0. The Labute approximate surface area is 103 Å². The van der Waals surface area contributed by atoms with Crippen LogP contribution in [0.5, 0.6) is 0 Å². The lowest BCUT2D eigenvalue weighted by atomic mass is 10.0. The highest BCUT2D eigenvalue weighted by atomic mass is 16.5. The highest BCUT2D eigenvalue weighted by molar-refractivity contribution is 6.08. The predicted molar refractivity (Wildman–Crippen MR) is 68.4 cm³/mol. The molecular formula is C15H9NO2. The fraction of sp³-hybridized carbons (Fsp3) is 0.0667. The Kier molecular flexibility index (Phi) is 1.75. The van der Waals surface area contributed by atoms with Crippen molar-refractivity contribution in [3.8, 4) is 0 Å². The number of pyridine rings is 1. The first kappa shape index (κ1) is 9.59. The zero-order valence-corrected chi connectivity index (χ0v) is 9.51. The third-order valence-corrected chi connectivity index (χ3v) is 3.36. The quantitative estimate of drug-likeness (QED) is 0.444. The number of nitrogens with zero attached hydrogens (tertiary/aromatic N) is 1. The van der Waals surface area contributed by atoms with Gasteiger partial charge in [0.2, 0.25) is 0 Å². The summed E-state index contributed by atoms with van der Waals surface area (Å²) in [5, 5.41) is 3.27. The summed E-state index contributed by atoms with van der Waals surface area (Å²) in [7, 11) is 0. The number of carbonyl (C=O) groups is 1. The van der Waals surface area contributed by atoms with E-state index in [0.29, 0.717) is 5.56 Å². The molecule has 0 atom stereocenters. The van der Waals surface area contributed by atoms with Crippen LogP contribution < -0.4 is 0 Å². The number of hydrogen-bond acceptors (Lipinski definition) is 3. The molecule has 3 nitrogen and oxygen atoms in total. The summed E-state index contributed by atoms with van der Waals surface area (Å²) in [6.45, 7) is 0.289. The van der Waals surface area contributed by atoms with Crippen molar-refractivity contribution in [2.24, 2.45) is 0 Å². The highest BCUT2D eigenvalue weighted by Gasteiger charge is 2.23. The molecule has 86 valence electrons. The average molecular weight is 235 g/mol. The Bertz CT molecular complexity index is 808. The lowest BCUT2D eigenvalue weighted by Gasteiger charge is -2.04. The number of carbonyl (C=O) groups excluding carboxylic acids is 1. The third kappa shape index (κ3) is 1.19. The number of benzene rings is 2. The molecule has 0 saturated carbocycles. The molecule has 0 unspecified atom stereocenters. The van der Waals surface area contributed by atoms with E-state index in [1.807, 2.05) is 30.3 Å². The number of fused-ring (bicyclic) bond motifs is 4. The van der Waals surface area contributed by atoms with E-state index in [1.54, 1.807) is 0 Å². The van der Waals surface area contributed by atoms with Crippen LogP contribution >= 0.6 is 0 Å².